The van der Waals surface area contributed by atoms with Gasteiger partial charge < -0.3 is 19.8 Å². The number of anilines is 1. The van der Waals surface area contributed by atoms with Gasteiger partial charge in [0.15, 0.2) is 0 Å². The van der Waals surface area contributed by atoms with Gasteiger partial charge in [0.25, 0.3) is 0 Å². The molecule has 0 N–H and O–H groups in total. The molecule has 1 aliphatic heterocycles. The molecule has 4 nitrogen and oxygen atoms in total. The number of pyridine rings is 1. The number of benzene rings is 5. The average Bonchev–Trinajstić information content (AvgIpc) is 3.80. The van der Waals surface area contributed by atoms with Gasteiger partial charge in [-0.3, -0.25) is 0 Å². The number of aromatic nitrogens is 2. The monoisotopic (exact) mass is 1090 g/mol. The van der Waals surface area contributed by atoms with E-state index in [0.29, 0.717) is 17.9 Å². The van der Waals surface area contributed by atoms with Gasteiger partial charge in [-0.05, 0) is 99.2 Å². The molecule has 1 unspecified atom stereocenters. The molecular formula is C60H74FIrN4Si. The fourth-order valence-electron chi connectivity index (χ4n) is 9.58. The predicted octanol–water partition coefficient (Wildman–Crippen LogP) is 17.0. The molecule has 0 radical (unpaired) electrons. The van der Waals surface area contributed by atoms with Crippen LogP contribution in [0.25, 0.3) is 38.4 Å². The molecule has 0 fully saturated rings. The molecule has 67 heavy (non-hydrogen) atoms. The zero-order valence-electron chi connectivity index (χ0n) is 44.7. The minimum absolute atomic E-state index is 0. The van der Waals surface area contributed by atoms with Gasteiger partial charge in [-0.1, -0.05) is 162 Å². The fourth-order valence-corrected chi connectivity index (χ4v) is 11.0. The first-order valence-corrected chi connectivity index (χ1v) is 27.7. The third-order valence-corrected chi connectivity index (χ3v) is 15.1. The normalized spacial score (nSPS) is 14.8. The quantitative estimate of drug-likeness (QED) is 0.0956. The number of fused-ring (bicyclic) bond motifs is 4. The summed E-state index contributed by atoms with van der Waals surface area (Å²) in [4.78, 5) is 7.18. The summed E-state index contributed by atoms with van der Waals surface area (Å²) in [7, 11) is -1.74. The Labute approximate surface area is 420 Å². The van der Waals surface area contributed by atoms with Gasteiger partial charge in [0, 0.05) is 32.7 Å². The Kier molecular flexibility index (Phi) is 15.0. The van der Waals surface area contributed by atoms with Crippen molar-refractivity contribution >= 4 is 46.4 Å². The van der Waals surface area contributed by atoms with Gasteiger partial charge in [-0.2, -0.15) is 23.8 Å². The Hall–Kier alpha value is -4.55. The number of para-hydroxylation sites is 2. The molecule has 8 rings (SSSR count). The summed E-state index contributed by atoms with van der Waals surface area (Å²) in [5.74, 6) is 0.654. The summed E-state index contributed by atoms with van der Waals surface area (Å²) >= 11 is 0. The average molecular weight is 1090 g/mol. The SMILES string of the molecule is CCC(CC)n1c2c[c-]c(C3[N-]c4ccccc4N3Cc3c(C(C)C)cccc3C(C)C)cc2c2ccc(F)cc21.[2H]C([2H])(c1cc(-c2[c-]ccc(C(C)(C)C)c2)ncc1[Si](C)(C)C)C(C)(C)C.[Ir+3]. The van der Waals surface area contributed by atoms with E-state index in [9.17, 15) is 4.39 Å². The molecule has 354 valence electrons. The van der Waals surface area contributed by atoms with Gasteiger partial charge in [0.05, 0.1) is 8.07 Å². The molecule has 0 spiro atoms. The van der Waals surface area contributed by atoms with Gasteiger partial charge in [-0.15, -0.1) is 46.5 Å². The van der Waals surface area contributed by atoms with Crippen LogP contribution in [0.3, 0.4) is 0 Å². The molecule has 0 aliphatic carbocycles. The molecule has 5 aromatic carbocycles. The standard InChI is InChI=1S/C37H40FN3.C23H34NSi.Ir/c1-7-27(8-2)41-34-19-16-25(20-31(34)30-18-17-26(38)21-36(30)41)37-39-33-14-9-10-15-35(33)40(37)22-32-28(23(3)4)12-11-13-29(32)24(5)6;1-22(2,3)15-18-14-20(24-16-21(18)25(7,8)9)17-11-10-12-19(13-17)23(4,5)6;/h9-15,17-21,23-24,27,37H,7-8,22H2,1-6H3;10,12-14,16H,15H2,1-9H3;/q-2;-1;+3/i;15D2;. The zero-order valence-corrected chi connectivity index (χ0v) is 46.1. The molecule has 1 aliphatic rings. The van der Waals surface area contributed by atoms with Crippen molar-refractivity contribution < 1.29 is 27.2 Å². The zero-order chi connectivity index (χ0) is 49.7. The summed E-state index contributed by atoms with van der Waals surface area (Å²) in [5, 5.41) is 8.56. The summed E-state index contributed by atoms with van der Waals surface area (Å²) in [6.45, 7) is 33.5. The van der Waals surface area contributed by atoms with Gasteiger partial charge in [0.2, 0.25) is 0 Å². The molecule has 0 saturated carbocycles. The Morgan fingerprint density at radius 3 is 2.09 bits per heavy atom. The van der Waals surface area contributed by atoms with E-state index < -0.39 is 19.9 Å². The second kappa shape index (κ2) is 20.6. The summed E-state index contributed by atoms with van der Waals surface area (Å²) in [6, 6.07) is 40.2. The fraction of sp³-hybridized carbons (Fsp3) is 0.417. The molecule has 1 atom stereocenters. The van der Waals surface area contributed by atoms with Crippen LogP contribution >= 0.6 is 0 Å². The van der Waals surface area contributed by atoms with Crippen LogP contribution in [-0.4, -0.2) is 17.6 Å². The van der Waals surface area contributed by atoms with E-state index in [1.807, 2.05) is 45.2 Å². The second-order valence-corrected chi connectivity index (χ2v) is 27.1. The first kappa shape index (κ1) is 48.9. The van der Waals surface area contributed by atoms with Crippen molar-refractivity contribution in [3.63, 3.8) is 0 Å². The first-order chi connectivity index (χ1) is 31.9. The van der Waals surface area contributed by atoms with E-state index in [2.05, 4.69) is 170 Å². The number of halogens is 1. The largest absolute Gasteiger partial charge is 3.00 e. The second-order valence-electron chi connectivity index (χ2n) is 22.0. The molecular weight excluding hydrogens is 1020 g/mol. The van der Waals surface area contributed by atoms with E-state index in [1.54, 1.807) is 12.1 Å². The minimum atomic E-state index is -1.74. The van der Waals surface area contributed by atoms with E-state index in [0.717, 1.165) is 80.1 Å². The first-order valence-electron chi connectivity index (χ1n) is 25.2. The van der Waals surface area contributed by atoms with Crippen LogP contribution in [-0.2, 0) is 38.4 Å². The maximum absolute atomic E-state index is 14.5. The molecule has 7 aromatic rings. The number of hydrogen-bond donors (Lipinski definition) is 0. The van der Waals surface area contributed by atoms with Crippen molar-refractivity contribution in [1.82, 2.24) is 9.55 Å². The maximum atomic E-state index is 14.5. The van der Waals surface area contributed by atoms with Crippen LogP contribution in [0.2, 0.25) is 19.6 Å². The summed E-state index contributed by atoms with van der Waals surface area (Å²) < 4.78 is 34.6. The van der Waals surface area contributed by atoms with E-state index in [1.165, 1.54) is 22.3 Å². The molecule has 7 heteroatoms. The summed E-state index contributed by atoms with van der Waals surface area (Å²) in [6.07, 6.45) is 2.26. The molecule has 0 amide bonds. The molecule has 3 heterocycles. The molecule has 2 aromatic heterocycles. The van der Waals surface area contributed by atoms with Crippen LogP contribution in [0, 0.1) is 23.4 Å². The van der Waals surface area contributed by atoms with Gasteiger partial charge in [-0.25, -0.2) is 4.39 Å². The minimum Gasteiger partial charge on any atom is -0.661 e. The smallest absolute Gasteiger partial charge is 0.661 e. The number of hydrogen-bond acceptors (Lipinski definition) is 2. The van der Waals surface area contributed by atoms with Crippen molar-refractivity contribution in [2.24, 2.45) is 5.41 Å². The van der Waals surface area contributed by atoms with Gasteiger partial charge >= 0.3 is 20.1 Å². The maximum Gasteiger partial charge on any atom is 3.00 e. The van der Waals surface area contributed by atoms with Gasteiger partial charge in [0.1, 0.15) is 5.82 Å². The van der Waals surface area contributed by atoms with E-state index >= 15 is 0 Å². The van der Waals surface area contributed by atoms with Crippen molar-refractivity contribution in [2.75, 3.05) is 4.90 Å². The van der Waals surface area contributed by atoms with Crippen LogP contribution in [0.15, 0.2) is 103 Å². The Balaban J connectivity index is 0.000000244. The Morgan fingerprint density at radius 1 is 0.806 bits per heavy atom. The third kappa shape index (κ3) is 11.3. The number of rotatable bonds is 11. The third-order valence-electron chi connectivity index (χ3n) is 13.0. The van der Waals surface area contributed by atoms with E-state index in [-0.39, 0.29) is 37.5 Å². The predicted molar refractivity (Wildman–Crippen MR) is 284 cm³/mol. The van der Waals surface area contributed by atoms with Crippen LogP contribution in [0.1, 0.15) is 156 Å². The Bertz CT molecular complexity index is 2890. The van der Waals surface area contributed by atoms with Crippen molar-refractivity contribution in [1.29, 1.82) is 0 Å². The van der Waals surface area contributed by atoms with Crippen LogP contribution < -0.4 is 10.1 Å². The van der Waals surface area contributed by atoms with Crippen molar-refractivity contribution in [2.45, 2.75) is 158 Å². The molecule has 0 saturated heterocycles. The van der Waals surface area contributed by atoms with Crippen LogP contribution in [0.4, 0.5) is 15.8 Å². The summed E-state index contributed by atoms with van der Waals surface area (Å²) in [5.41, 5.74) is 12.7. The molecule has 0 bridgehead atoms. The van der Waals surface area contributed by atoms with Crippen LogP contribution in [0.5, 0.6) is 0 Å². The van der Waals surface area contributed by atoms with E-state index in [4.69, 9.17) is 13.0 Å². The topological polar surface area (TPSA) is 35.2 Å². The number of nitrogens with zero attached hydrogens (tertiary/aromatic N) is 4. The van der Waals surface area contributed by atoms with Crippen molar-refractivity contribution in [3.05, 3.63) is 160 Å². The Morgan fingerprint density at radius 2 is 1.48 bits per heavy atom. The van der Waals surface area contributed by atoms with Crippen molar-refractivity contribution in [3.8, 4) is 11.3 Å².